The summed E-state index contributed by atoms with van der Waals surface area (Å²) >= 11 is 0. The number of carbonyl (C=O) groups is 1. The number of carboxylic acid groups (broad SMARTS) is 1. The highest BCUT2D eigenvalue weighted by Crippen LogP contribution is 2.13. The molecule has 0 amide bonds. The highest BCUT2D eigenvalue weighted by atomic mass is 31.1. The van der Waals surface area contributed by atoms with Crippen LogP contribution in [0.2, 0.25) is 0 Å². The lowest BCUT2D eigenvalue weighted by molar-refractivity contribution is -0.139. The number of hydrogen-bond acceptors (Lipinski definition) is 4. The van der Waals surface area contributed by atoms with Crippen LogP contribution in [0.5, 0.6) is 0 Å². The van der Waals surface area contributed by atoms with E-state index in [1.165, 1.54) is 0 Å². The van der Waals surface area contributed by atoms with Gasteiger partial charge in [-0.2, -0.15) is 0 Å². The molecule has 0 rings (SSSR count). The molecule has 0 fully saturated rings. The van der Waals surface area contributed by atoms with Crippen LogP contribution in [0, 0.1) is 0 Å². The Morgan fingerprint density at radius 2 is 2.30 bits per heavy atom. The fraction of sp³-hybridized carbons (Fsp3) is 0.667. The Labute approximate surface area is 57.6 Å². The molecule has 0 saturated heterocycles. The average Bonchev–Trinajstić information content (AvgIpc) is 1.82. The predicted octanol–water partition coefficient (Wildman–Crippen LogP) is -0.935. The summed E-state index contributed by atoms with van der Waals surface area (Å²) in [6.45, 7) is -0.457. The molecule has 0 aromatic carbocycles. The van der Waals surface area contributed by atoms with Crippen LogP contribution >= 0.6 is 8.25 Å². The van der Waals surface area contributed by atoms with E-state index in [1.54, 1.807) is 0 Å². The molecule has 58 valence electrons. The number of aliphatic carboxylic acids is 1. The minimum absolute atomic E-state index is 0.457. The molecule has 0 aromatic heterocycles. The maximum atomic E-state index is 9.93. The summed E-state index contributed by atoms with van der Waals surface area (Å²) in [6.07, 6.45) is 0. The van der Waals surface area contributed by atoms with Gasteiger partial charge in [-0.05, 0) is 0 Å². The van der Waals surface area contributed by atoms with E-state index < -0.39 is 26.9 Å². The molecule has 4 N–H and O–H groups in total. The van der Waals surface area contributed by atoms with Crippen LogP contribution < -0.4 is 5.73 Å². The molecule has 0 aliphatic rings. The highest BCUT2D eigenvalue weighted by molar-refractivity contribution is 7.32. The lowest BCUT2D eigenvalue weighted by atomic mass is 10.3. The summed E-state index contributed by atoms with van der Waals surface area (Å²) in [5.41, 5.74) is 4.90. The van der Waals surface area contributed by atoms with Crippen molar-refractivity contribution in [2.24, 2.45) is 5.73 Å². The van der Waals surface area contributed by atoms with Gasteiger partial charge in [-0.1, -0.05) is 0 Å². The van der Waals surface area contributed by atoms with Gasteiger partial charge in [0.15, 0.2) is 0 Å². The van der Waals surface area contributed by atoms with Crippen LogP contribution in [0.4, 0.5) is 0 Å². The molecule has 0 heterocycles. The normalized spacial score (nSPS) is 14.4. The third kappa shape index (κ3) is 4.34. The second-order valence-electron chi connectivity index (χ2n) is 1.48. The lowest BCUT2D eigenvalue weighted by Gasteiger charge is -1.97. The van der Waals surface area contributed by atoms with Crippen LogP contribution in [0.1, 0.15) is 0 Å². The van der Waals surface area contributed by atoms with E-state index in [-0.39, 0.29) is 0 Å². The Morgan fingerprint density at radius 3 is 2.60 bits per heavy atom. The van der Waals surface area contributed by atoms with Crippen LogP contribution in [0.3, 0.4) is 0 Å². The van der Waals surface area contributed by atoms with Crippen molar-refractivity contribution in [1.82, 2.24) is 0 Å². The van der Waals surface area contributed by atoms with Crippen molar-refractivity contribution in [3.63, 3.8) is 0 Å². The number of rotatable bonds is 4. The van der Waals surface area contributed by atoms with Gasteiger partial charge >= 0.3 is 14.2 Å². The van der Waals surface area contributed by atoms with Crippen molar-refractivity contribution in [3.8, 4) is 0 Å². The Bertz CT molecular complexity index is 148. The molecule has 1 unspecified atom stereocenters. The third-order valence-corrected chi connectivity index (χ3v) is 1.05. The van der Waals surface area contributed by atoms with Crippen molar-refractivity contribution in [2.75, 3.05) is 6.61 Å². The predicted molar refractivity (Wildman–Crippen MR) is 31.4 cm³/mol. The lowest BCUT2D eigenvalue weighted by Crippen LogP contribution is -2.34. The van der Waals surface area contributed by atoms with E-state index in [4.69, 9.17) is 15.7 Å². The van der Waals surface area contributed by atoms with Gasteiger partial charge in [-0.3, -0.25) is 4.79 Å². The van der Waals surface area contributed by atoms with Gasteiger partial charge in [0.2, 0.25) is 0 Å². The summed E-state index contributed by atoms with van der Waals surface area (Å²) in [5, 5.41) is 8.11. The van der Waals surface area contributed by atoms with E-state index in [1.807, 2.05) is 0 Å². The first-order valence-corrected chi connectivity index (χ1v) is 3.44. The molecule has 0 saturated carbocycles. The minimum Gasteiger partial charge on any atom is -0.480 e. The standard InChI is InChI=1S/C3H6NO5P/c4-2(3(5)6)1-9-10(7)8/h2H,1,4H2,(H-,5,6,7,8)/p+1/t2-/m1/s1. The monoisotopic (exact) mass is 168 g/mol. The molecule has 2 atom stereocenters. The van der Waals surface area contributed by atoms with Crippen LogP contribution in [0.15, 0.2) is 0 Å². The number of nitrogens with two attached hydrogens (primary N) is 1. The number of hydrogen-bond donors (Lipinski definition) is 3. The summed E-state index contributed by atoms with van der Waals surface area (Å²) in [7, 11) is -2.75. The topological polar surface area (TPSA) is 110 Å². The molecular weight excluding hydrogens is 161 g/mol. The van der Waals surface area contributed by atoms with Crippen molar-refractivity contribution < 1.29 is 23.9 Å². The SMILES string of the molecule is N[C@H](CO[P+](=O)O)C(=O)O. The first kappa shape index (κ1) is 9.45. The van der Waals surface area contributed by atoms with E-state index >= 15 is 0 Å². The van der Waals surface area contributed by atoms with Gasteiger partial charge in [-0.25, -0.2) is 0 Å². The molecule has 0 aromatic rings. The van der Waals surface area contributed by atoms with Crippen molar-refractivity contribution in [1.29, 1.82) is 0 Å². The maximum Gasteiger partial charge on any atom is 0.694 e. The zero-order valence-electron chi connectivity index (χ0n) is 4.93. The number of carboxylic acids is 1. The molecular formula is C3H7NO5P+. The van der Waals surface area contributed by atoms with E-state index in [9.17, 15) is 9.36 Å². The molecule has 10 heavy (non-hydrogen) atoms. The Balaban J connectivity index is 3.49. The van der Waals surface area contributed by atoms with Crippen molar-refractivity contribution in [2.45, 2.75) is 6.04 Å². The molecule has 0 spiro atoms. The average molecular weight is 168 g/mol. The van der Waals surface area contributed by atoms with Gasteiger partial charge in [0.05, 0.1) is 0 Å². The first-order valence-electron chi connectivity index (χ1n) is 2.31. The Morgan fingerprint density at radius 1 is 1.80 bits per heavy atom. The van der Waals surface area contributed by atoms with Gasteiger partial charge in [0.1, 0.15) is 12.6 Å². The van der Waals surface area contributed by atoms with Gasteiger partial charge in [0, 0.05) is 4.57 Å². The smallest absolute Gasteiger partial charge is 0.480 e. The Kier molecular flexibility index (Phi) is 4.06. The van der Waals surface area contributed by atoms with E-state index in [2.05, 4.69) is 4.52 Å². The highest BCUT2D eigenvalue weighted by Gasteiger charge is 2.19. The van der Waals surface area contributed by atoms with Gasteiger partial charge in [0.25, 0.3) is 0 Å². The summed E-state index contributed by atoms with van der Waals surface area (Å²) in [4.78, 5) is 18.0. The minimum atomic E-state index is -2.75. The summed E-state index contributed by atoms with van der Waals surface area (Å²) in [5.74, 6) is -1.27. The largest absolute Gasteiger partial charge is 0.694 e. The first-order chi connectivity index (χ1) is 4.54. The van der Waals surface area contributed by atoms with Crippen LogP contribution in [-0.2, 0) is 13.9 Å². The molecule has 7 heteroatoms. The van der Waals surface area contributed by atoms with E-state index in [0.29, 0.717) is 0 Å². The van der Waals surface area contributed by atoms with Crippen LogP contribution in [0.25, 0.3) is 0 Å². The van der Waals surface area contributed by atoms with Crippen LogP contribution in [-0.4, -0.2) is 28.6 Å². The molecule has 0 aliphatic heterocycles. The Hall–Kier alpha value is -0.550. The fourth-order valence-corrected chi connectivity index (χ4v) is 0.503. The molecule has 0 aliphatic carbocycles. The van der Waals surface area contributed by atoms with E-state index in [0.717, 1.165) is 0 Å². The molecule has 0 bridgehead atoms. The fourth-order valence-electron chi connectivity index (χ4n) is 0.215. The second-order valence-corrected chi connectivity index (χ2v) is 2.21. The zero-order valence-corrected chi connectivity index (χ0v) is 5.82. The van der Waals surface area contributed by atoms with Crippen molar-refractivity contribution in [3.05, 3.63) is 0 Å². The molecule has 6 nitrogen and oxygen atoms in total. The summed E-state index contributed by atoms with van der Waals surface area (Å²) < 4.78 is 13.8. The van der Waals surface area contributed by atoms with Gasteiger partial charge in [-0.15, -0.1) is 9.42 Å². The zero-order chi connectivity index (χ0) is 8.15. The third-order valence-electron chi connectivity index (χ3n) is 0.682. The van der Waals surface area contributed by atoms with Crippen molar-refractivity contribution >= 4 is 14.2 Å². The molecule has 0 radical (unpaired) electrons. The van der Waals surface area contributed by atoms with Gasteiger partial charge < -0.3 is 10.8 Å². The second kappa shape index (κ2) is 4.29. The maximum absolute atomic E-state index is 9.93. The quantitative estimate of drug-likeness (QED) is 0.467. The summed E-state index contributed by atoms with van der Waals surface area (Å²) in [6, 6.07) is -1.24.